The number of nitrogens with one attached hydrogen (secondary N) is 1. The van der Waals surface area contributed by atoms with Crippen molar-refractivity contribution in [2.45, 2.75) is 5.09 Å². The third-order valence-corrected chi connectivity index (χ3v) is 3.55. The number of hydrogen-bond donors (Lipinski definition) is 1. The van der Waals surface area contributed by atoms with E-state index in [-0.39, 0.29) is 42.1 Å². The number of amides is 1. The van der Waals surface area contributed by atoms with Crippen molar-refractivity contribution < 1.29 is 61.2 Å². The molecule has 120 valence electrons. The van der Waals surface area contributed by atoms with E-state index in [4.69, 9.17) is 13.9 Å². The van der Waals surface area contributed by atoms with E-state index in [9.17, 15) is 17.8 Å². The van der Waals surface area contributed by atoms with Gasteiger partial charge in [0.05, 0.1) is 6.21 Å². The van der Waals surface area contributed by atoms with Crippen LogP contribution < -0.4 is 44.5 Å². The summed E-state index contributed by atoms with van der Waals surface area (Å²) in [6, 6.07) is 6.87. The van der Waals surface area contributed by atoms with E-state index in [1.807, 2.05) is 0 Å². The Labute approximate surface area is 158 Å². The van der Waals surface area contributed by atoms with Crippen LogP contribution >= 0.6 is 0 Å². The minimum Gasteiger partial charge on any atom is -0.742 e. The molecule has 0 atom stereocenters. The Hall–Kier alpha value is -1.85. The number of rotatable bonds is 4. The Bertz CT molecular complexity index is 891. The van der Waals surface area contributed by atoms with Crippen LogP contribution in [0.5, 0.6) is 11.5 Å². The van der Waals surface area contributed by atoms with Crippen molar-refractivity contribution in [2.75, 3.05) is 6.79 Å². The van der Waals surface area contributed by atoms with Crippen molar-refractivity contribution in [2.24, 2.45) is 5.10 Å². The third kappa shape index (κ3) is 4.16. The van der Waals surface area contributed by atoms with E-state index in [1.54, 1.807) is 6.07 Å². The number of hydrogen-bond acceptors (Lipinski definition) is 8. The van der Waals surface area contributed by atoms with Gasteiger partial charge in [-0.15, -0.1) is 0 Å². The molecule has 0 spiro atoms. The Kier molecular flexibility index (Phi) is 5.67. The van der Waals surface area contributed by atoms with Crippen LogP contribution in [0.3, 0.4) is 0 Å². The van der Waals surface area contributed by atoms with Gasteiger partial charge in [-0.3, -0.25) is 4.79 Å². The van der Waals surface area contributed by atoms with E-state index >= 15 is 0 Å². The number of fused-ring (bicyclic) bond motifs is 1. The van der Waals surface area contributed by atoms with E-state index in [2.05, 4.69) is 10.5 Å². The molecule has 1 aromatic carbocycles. The summed E-state index contributed by atoms with van der Waals surface area (Å²) in [5.41, 5.74) is 2.53. The standard InChI is InChI=1S/C13H10N2O7S.Na/c16-13(8-1-3-10-11(5-8)21-7-20-10)15-14-6-9-2-4-12(22-9)23(17,18)19;/h1-6H,7H2,(H,15,16)(H,17,18,19);/q;+1/p-1/b14-6-;. The van der Waals surface area contributed by atoms with E-state index in [0.717, 1.165) is 12.3 Å². The number of nitrogens with zero attached hydrogens (tertiary/aromatic N) is 1. The van der Waals surface area contributed by atoms with Crippen molar-refractivity contribution in [1.82, 2.24) is 5.43 Å². The number of furan rings is 1. The van der Waals surface area contributed by atoms with Crippen LogP contribution in [-0.4, -0.2) is 31.9 Å². The van der Waals surface area contributed by atoms with E-state index < -0.39 is 21.1 Å². The molecule has 0 saturated carbocycles. The molecule has 2 aromatic rings. The van der Waals surface area contributed by atoms with Gasteiger partial charge in [0.15, 0.2) is 21.6 Å². The molecule has 0 saturated heterocycles. The van der Waals surface area contributed by atoms with Crippen molar-refractivity contribution in [3.63, 3.8) is 0 Å². The van der Waals surface area contributed by atoms with Gasteiger partial charge in [-0.25, -0.2) is 13.8 Å². The van der Waals surface area contributed by atoms with Gasteiger partial charge in [-0.1, -0.05) is 0 Å². The van der Waals surface area contributed by atoms with E-state index in [0.29, 0.717) is 17.1 Å². The average molecular weight is 360 g/mol. The quantitative estimate of drug-likeness (QED) is 0.280. The largest absolute Gasteiger partial charge is 1.00 e. The fraction of sp³-hybridized carbons (Fsp3) is 0.0769. The third-order valence-electron chi connectivity index (χ3n) is 2.84. The van der Waals surface area contributed by atoms with Gasteiger partial charge in [-0.2, -0.15) is 5.10 Å². The second-order valence-corrected chi connectivity index (χ2v) is 5.69. The van der Waals surface area contributed by atoms with Crippen molar-refractivity contribution in [3.05, 3.63) is 41.7 Å². The summed E-state index contributed by atoms with van der Waals surface area (Å²) >= 11 is 0. The first-order chi connectivity index (χ1) is 10.9. The van der Waals surface area contributed by atoms with Gasteiger partial charge in [0, 0.05) is 5.56 Å². The van der Waals surface area contributed by atoms with Crippen LogP contribution in [0.2, 0.25) is 0 Å². The molecular weight excluding hydrogens is 351 g/mol. The molecule has 1 amide bonds. The SMILES string of the molecule is O=C(N/N=C\c1ccc(S(=O)(=O)[O-])o1)c1ccc2c(c1)OCO2.[Na+]. The maximum absolute atomic E-state index is 11.9. The monoisotopic (exact) mass is 360 g/mol. The van der Waals surface area contributed by atoms with Gasteiger partial charge in [-0.05, 0) is 30.3 Å². The van der Waals surface area contributed by atoms with Crippen LogP contribution in [0.25, 0.3) is 0 Å². The molecule has 0 aliphatic carbocycles. The second-order valence-electron chi connectivity index (χ2n) is 4.38. The maximum atomic E-state index is 11.9. The Balaban J connectivity index is 0.00000208. The fourth-order valence-electron chi connectivity index (χ4n) is 1.79. The molecule has 0 unspecified atom stereocenters. The summed E-state index contributed by atoms with van der Waals surface area (Å²) in [6.07, 6.45) is 1.07. The summed E-state index contributed by atoms with van der Waals surface area (Å²) < 4.78 is 47.2. The minimum atomic E-state index is -4.66. The molecule has 0 fully saturated rings. The number of carbonyl (C=O) groups is 1. The first-order valence-corrected chi connectivity index (χ1v) is 7.63. The zero-order chi connectivity index (χ0) is 16.4. The Morgan fingerprint density at radius 3 is 2.67 bits per heavy atom. The molecule has 1 aromatic heterocycles. The smallest absolute Gasteiger partial charge is 0.742 e. The summed E-state index contributed by atoms with van der Waals surface area (Å²) in [5.74, 6) is 0.498. The molecule has 1 N–H and O–H groups in total. The van der Waals surface area contributed by atoms with Gasteiger partial charge < -0.3 is 18.4 Å². The molecule has 24 heavy (non-hydrogen) atoms. The molecular formula is C13H9N2NaO7S. The second kappa shape index (κ2) is 7.36. The summed E-state index contributed by atoms with van der Waals surface area (Å²) in [5, 5.41) is 2.90. The summed E-state index contributed by atoms with van der Waals surface area (Å²) in [7, 11) is -4.66. The Morgan fingerprint density at radius 2 is 1.96 bits per heavy atom. The van der Waals surface area contributed by atoms with Gasteiger partial charge >= 0.3 is 29.6 Å². The Morgan fingerprint density at radius 1 is 1.21 bits per heavy atom. The minimum absolute atomic E-state index is 0. The molecule has 2 heterocycles. The predicted molar refractivity (Wildman–Crippen MR) is 74.3 cm³/mol. The number of ether oxygens (including phenoxy) is 2. The molecule has 1 aliphatic heterocycles. The van der Waals surface area contributed by atoms with Gasteiger partial charge in [0.1, 0.15) is 5.76 Å². The average Bonchev–Trinajstić information content (AvgIpc) is 3.14. The predicted octanol–water partition coefficient (Wildman–Crippen LogP) is -2.32. The molecule has 1 aliphatic rings. The molecule has 0 radical (unpaired) electrons. The van der Waals surface area contributed by atoms with Gasteiger partial charge in [0.25, 0.3) is 5.91 Å². The zero-order valence-electron chi connectivity index (χ0n) is 12.4. The maximum Gasteiger partial charge on any atom is 1.00 e. The fourth-order valence-corrected chi connectivity index (χ4v) is 2.23. The number of benzene rings is 1. The van der Waals surface area contributed by atoms with Crippen molar-refractivity contribution in [3.8, 4) is 11.5 Å². The van der Waals surface area contributed by atoms with Gasteiger partial charge in [0.2, 0.25) is 11.9 Å². The number of hydrazone groups is 1. The van der Waals surface area contributed by atoms with Crippen molar-refractivity contribution in [1.29, 1.82) is 0 Å². The topological polar surface area (TPSA) is 130 Å². The molecule has 9 nitrogen and oxygen atoms in total. The van der Waals surface area contributed by atoms with Crippen LogP contribution in [-0.2, 0) is 10.1 Å². The summed E-state index contributed by atoms with van der Waals surface area (Å²) in [4.78, 5) is 11.9. The van der Waals surface area contributed by atoms with Crippen LogP contribution in [0.1, 0.15) is 16.1 Å². The van der Waals surface area contributed by atoms with Crippen molar-refractivity contribution >= 4 is 22.2 Å². The van der Waals surface area contributed by atoms with Crippen LogP contribution in [0, 0.1) is 0 Å². The zero-order valence-corrected chi connectivity index (χ0v) is 15.2. The summed E-state index contributed by atoms with van der Waals surface area (Å²) in [6.45, 7) is 0.0992. The van der Waals surface area contributed by atoms with E-state index in [1.165, 1.54) is 18.2 Å². The number of carbonyl (C=O) groups excluding carboxylic acids is 1. The first kappa shape index (κ1) is 18.5. The molecule has 0 bridgehead atoms. The normalized spacial score (nSPS) is 12.9. The van der Waals surface area contributed by atoms with Crippen LogP contribution in [0.15, 0.2) is 44.9 Å². The molecule has 3 rings (SSSR count). The molecule has 11 heteroatoms. The first-order valence-electron chi connectivity index (χ1n) is 6.22. The van der Waals surface area contributed by atoms with Crippen LogP contribution in [0.4, 0.5) is 0 Å².